The van der Waals surface area contributed by atoms with E-state index in [2.05, 4.69) is 5.32 Å². The number of nitrogens with zero attached hydrogens (tertiary/aromatic N) is 1. The van der Waals surface area contributed by atoms with E-state index in [1.807, 2.05) is 0 Å². The first-order valence-corrected chi connectivity index (χ1v) is 11.3. The Balaban J connectivity index is 1.91. The Hall–Kier alpha value is -4.67. The number of halogens is 4. The van der Waals surface area contributed by atoms with Gasteiger partial charge in [-0.05, 0) is 25.5 Å². The number of benzene rings is 3. The van der Waals surface area contributed by atoms with Gasteiger partial charge in [0.25, 0.3) is 0 Å². The minimum absolute atomic E-state index is 0.113. The number of carbonyl (C=O) groups excluding carboxylic acids is 2. The minimum atomic E-state index is -1.36. The van der Waals surface area contributed by atoms with Gasteiger partial charge in [0.2, 0.25) is 5.43 Å². The first-order chi connectivity index (χ1) is 18.1. The molecule has 0 aliphatic carbocycles. The number of hydrogen-bond donors (Lipinski definition) is 1. The SMILES string of the molecule is CCOC(=O)c1cn(-c2c(F)cc(F)cc2NC(=O)OCc2ccccc2)c2cc(F)c(F)c(C)c2c1=O. The Labute approximate surface area is 213 Å². The number of anilines is 1. The molecule has 1 heterocycles. The molecule has 1 N–H and O–H groups in total. The lowest BCUT2D eigenvalue weighted by molar-refractivity contribution is 0.0524. The van der Waals surface area contributed by atoms with Crippen molar-refractivity contribution in [1.29, 1.82) is 0 Å². The molecular weight excluding hydrogens is 508 g/mol. The molecule has 0 aliphatic heterocycles. The van der Waals surface area contributed by atoms with Crippen molar-refractivity contribution in [2.45, 2.75) is 20.5 Å². The van der Waals surface area contributed by atoms with Crippen molar-refractivity contribution in [3.8, 4) is 5.69 Å². The van der Waals surface area contributed by atoms with E-state index in [-0.39, 0.29) is 18.7 Å². The molecule has 196 valence electrons. The van der Waals surface area contributed by atoms with Crippen LogP contribution in [0.15, 0.2) is 59.5 Å². The summed E-state index contributed by atoms with van der Waals surface area (Å²) in [6.07, 6.45) is -0.222. The fourth-order valence-electron chi connectivity index (χ4n) is 3.92. The molecule has 1 amide bonds. The van der Waals surface area contributed by atoms with Crippen molar-refractivity contribution < 1.29 is 36.6 Å². The van der Waals surface area contributed by atoms with Crippen molar-refractivity contribution in [3.05, 3.63) is 105 Å². The highest BCUT2D eigenvalue weighted by atomic mass is 19.2. The van der Waals surface area contributed by atoms with E-state index in [9.17, 15) is 27.6 Å². The Morgan fingerprint density at radius 3 is 2.37 bits per heavy atom. The molecule has 38 heavy (non-hydrogen) atoms. The van der Waals surface area contributed by atoms with E-state index >= 15 is 4.39 Å². The monoisotopic (exact) mass is 528 g/mol. The van der Waals surface area contributed by atoms with Crippen LogP contribution in [0.5, 0.6) is 0 Å². The van der Waals surface area contributed by atoms with E-state index in [0.29, 0.717) is 17.7 Å². The summed E-state index contributed by atoms with van der Waals surface area (Å²) in [5.41, 5.74) is -2.77. The van der Waals surface area contributed by atoms with Crippen LogP contribution < -0.4 is 10.7 Å². The molecule has 7 nitrogen and oxygen atoms in total. The largest absolute Gasteiger partial charge is 0.462 e. The number of carbonyl (C=O) groups is 2. The lowest BCUT2D eigenvalue weighted by atomic mass is 10.0. The average Bonchev–Trinajstić information content (AvgIpc) is 2.87. The zero-order valence-corrected chi connectivity index (χ0v) is 20.1. The number of pyridine rings is 1. The van der Waals surface area contributed by atoms with Crippen molar-refractivity contribution in [2.75, 3.05) is 11.9 Å². The first-order valence-electron chi connectivity index (χ1n) is 11.3. The molecule has 0 spiro atoms. The van der Waals surface area contributed by atoms with E-state index < -0.39 is 68.6 Å². The van der Waals surface area contributed by atoms with Crippen LogP contribution in [0.2, 0.25) is 0 Å². The maximum Gasteiger partial charge on any atom is 0.412 e. The molecule has 0 saturated carbocycles. The molecule has 3 aromatic carbocycles. The van der Waals surface area contributed by atoms with Gasteiger partial charge in [-0.3, -0.25) is 10.1 Å². The molecule has 4 rings (SSSR count). The van der Waals surface area contributed by atoms with Gasteiger partial charge in [0.15, 0.2) is 17.5 Å². The quantitative estimate of drug-likeness (QED) is 0.253. The highest BCUT2D eigenvalue weighted by Gasteiger charge is 2.25. The third kappa shape index (κ3) is 5.08. The smallest absolute Gasteiger partial charge is 0.412 e. The summed E-state index contributed by atoms with van der Waals surface area (Å²) in [5.74, 6) is -6.12. The standard InChI is InChI=1S/C27H20F4N2O5/c1-3-37-26(35)17-12-33(21-11-18(29)23(31)14(2)22(21)25(17)34)24-19(30)9-16(28)10-20(24)32-27(36)38-13-15-7-5-4-6-8-15/h4-12H,3,13H2,1-2H3,(H,32,36). The van der Waals surface area contributed by atoms with Gasteiger partial charge in [-0.25, -0.2) is 27.2 Å². The molecule has 0 unspecified atom stereocenters. The Morgan fingerprint density at radius 1 is 0.974 bits per heavy atom. The predicted molar refractivity (Wildman–Crippen MR) is 130 cm³/mol. The van der Waals surface area contributed by atoms with Crippen molar-refractivity contribution in [3.63, 3.8) is 0 Å². The number of amides is 1. The van der Waals surface area contributed by atoms with Crippen molar-refractivity contribution in [2.24, 2.45) is 0 Å². The number of aromatic nitrogens is 1. The first kappa shape index (κ1) is 26.4. The van der Waals surface area contributed by atoms with Crippen LogP contribution in [-0.4, -0.2) is 23.2 Å². The number of nitrogens with one attached hydrogen (secondary N) is 1. The number of fused-ring (bicyclic) bond motifs is 1. The van der Waals surface area contributed by atoms with Crippen LogP contribution in [0.25, 0.3) is 16.6 Å². The minimum Gasteiger partial charge on any atom is -0.462 e. The summed E-state index contributed by atoms with van der Waals surface area (Å²) in [6, 6.07) is 10.5. The van der Waals surface area contributed by atoms with Crippen LogP contribution >= 0.6 is 0 Å². The molecule has 0 atom stereocenters. The van der Waals surface area contributed by atoms with Crippen LogP contribution in [0.3, 0.4) is 0 Å². The average molecular weight is 528 g/mol. The summed E-state index contributed by atoms with van der Waals surface area (Å²) < 4.78 is 69.2. The molecule has 0 fully saturated rings. The van der Waals surface area contributed by atoms with Gasteiger partial charge in [-0.2, -0.15) is 0 Å². The fraction of sp³-hybridized carbons (Fsp3) is 0.148. The van der Waals surface area contributed by atoms with Crippen molar-refractivity contribution in [1.82, 2.24) is 4.57 Å². The number of hydrogen-bond acceptors (Lipinski definition) is 5. The van der Waals surface area contributed by atoms with Gasteiger partial charge in [-0.1, -0.05) is 30.3 Å². The fourth-order valence-corrected chi connectivity index (χ4v) is 3.92. The van der Waals surface area contributed by atoms with Gasteiger partial charge >= 0.3 is 12.1 Å². The molecule has 0 radical (unpaired) electrons. The van der Waals surface area contributed by atoms with E-state index in [1.165, 1.54) is 6.92 Å². The second-order valence-electron chi connectivity index (χ2n) is 8.12. The van der Waals surface area contributed by atoms with Crippen LogP contribution in [0, 0.1) is 30.2 Å². The zero-order valence-electron chi connectivity index (χ0n) is 20.1. The van der Waals surface area contributed by atoms with Gasteiger partial charge in [0.1, 0.15) is 23.7 Å². The van der Waals surface area contributed by atoms with Crippen LogP contribution in [0.4, 0.5) is 28.0 Å². The third-order valence-corrected chi connectivity index (χ3v) is 5.64. The highest BCUT2D eigenvalue weighted by molar-refractivity contribution is 5.96. The van der Waals surface area contributed by atoms with Gasteiger partial charge in [-0.15, -0.1) is 0 Å². The second-order valence-corrected chi connectivity index (χ2v) is 8.12. The number of rotatable bonds is 6. The summed E-state index contributed by atoms with van der Waals surface area (Å²) >= 11 is 0. The molecule has 4 aromatic rings. The van der Waals surface area contributed by atoms with E-state index in [0.717, 1.165) is 23.8 Å². The summed E-state index contributed by atoms with van der Waals surface area (Å²) in [5, 5.41) is 1.80. The van der Waals surface area contributed by atoms with E-state index in [4.69, 9.17) is 9.47 Å². The van der Waals surface area contributed by atoms with Crippen LogP contribution in [0.1, 0.15) is 28.4 Å². The summed E-state index contributed by atoms with van der Waals surface area (Å²) in [6.45, 7) is 2.33. The van der Waals surface area contributed by atoms with Crippen LogP contribution in [-0.2, 0) is 16.1 Å². The van der Waals surface area contributed by atoms with Gasteiger partial charge in [0.05, 0.1) is 23.2 Å². The second kappa shape index (κ2) is 10.8. The maximum atomic E-state index is 15.3. The Morgan fingerprint density at radius 2 is 1.68 bits per heavy atom. The normalized spacial score (nSPS) is 10.9. The lowest BCUT2D eigenvalue weighted by Crippen LogP contribution is -2.23. The molecular formula is C27H20F4N2O5. The summed E-state index contributed by atoms with van der Waals surface area (Å²) in [4.78, 5) is 38.1. The Kier molecular flexibility index (Phi) is 7.47. The van der Waals surface area contributed by atoms with Gasteiger partial charge in [0, 0.05) is 23.9 Å². The molecule has 1 aromatic heterocycles. The molecule has 0 bridgehead atoms. The molecule has 0 aliphatic rings. The third-order valence-electron chi connectivity index (χ3n) is 5.64. The number of esters is 1. The van der Waals surface area contributed by atoms with Gasteiger partial charge < -0.3 is 14.0 Å². The topological polar surface area (TPSA) is 86.6 Å². The predicted octanol–water partition coefficient (Wildman–Crippen LogP) is 5.78. The summed E-state index contributed by atoms with van der Waals surface area (Å²) in [7, 11) is 0. The Bertz CT molecular complexity index is 1620. The van der Waals surface area contributed by atoms with E-state index in [1.54, 1.807) is 30.3 Å². The van der Waals surface area contributed by atoms with Crippen molar-refractivity contribution >= 4 is 28.7 Å². The molecule has 11 heteroatoms. The maximum absolute atomic E-state index is 15.3. The molecule has 0 saturated heterocycles. The number of ether oxygens (including phenoxy) is 2. The number of aryl methyl sites for hydroxylation is 1. The lowest BCUT2D eigenvalue weighted by Gasteiger charge is -2.19. The highest BCUT2D eigenvalue weighted by Crippen LogP contribution is 2.31. The zero-order chi connectivity index (χ0) is 27.6.